The van der Waals surface area contributed by atoms with E-state index in [1.54, 1.807) is 26.8 Å². The summed E-state index contributed by atoms with van der Waals surface area (Å²) in [6.45, 7) is 5.70. The van der Waals surface area contributed by atoms with Crippen LogP contribution >= 0.6 is 11.6 Å². The van der Waals surface area contributed by atoms with E-state index in [9.17, 15) is 19.1 Å². The highest BCUT2D eigenvalue weighted by Crippen LogP contribution is 2.37. The number of nitrogens with zero attached hydrogens (tertiary/aromatic N) is 1. The Hall–Kier alpha value is -1.82. The molecule has 7 heteroatoms. The van der Waals surface area contributed by atoms with Crippen LogP contribution in [0.25, 0.3) is 0 Å². The Labute approximate surface area is 151 Å². The van der Waals surface area contributed by atoms with Gasteiger partial charge in [-0.2, -0.15) is 0 Å². The lowest BCUT2D eigenvalue weighted by molar-refractivity contribution is -0.152. The zero-order valence-corrected chi connectivity index (χ0v) is 15.4. The molecule has 1 heterocycles. The number of hydrogen-bond donors (Lipinski definition) is 1. The summed E-state index contributed by atoms with van der Waals surface area (Å²) in [7, 11) is 0. The second-order valence-electron chi connectivity index (χ2n) is 7.48. The second-order valence-corrected chi connectivity index (χ2v) is 7.86. The molecular weight excluding hydrogens is 349 g/mol. The topological polar surface area (TPSA) is 66.8 Å². The van der Waals surface area contributed by atoms with Crippen molar-refractivity contribution >= 4 is 23.7 Å². The molecule has 0 radical (unpaired) electrons. The highest BCUT2D eigenvalue weighted by Gasteiger charge is 2.45. The van der Waals surface area contributed by atoms with E-state index in [0.717, 1.165) is 0 Å². The van der Waals surface area contributed by atoms with E-state index in [4.69, 9.17) is 16.3 Å². The minimum absolute atomic E-state index is 0.00406. The molecule has 0 spiro atoms. The predicted molar refractivity (Wildman–Crippen MR) is 92.2 cm³/mol. The fraction of sp³-hybridized carbons (Fsp3) is 0.556. The Morgan fingerprint density at radius 3 is 2.68 bits per heavy atom. The Bertz CT molecular complexity index is 674. The van der Waals surface area contributed by atoms with Crippen molar-refractivity contribution in [1.82, 2.24) is 4.90 Å². The van der Waals surface area contributed by atoms with Gasteiger partial charge in [0.2, 0.25) is 0 Å². The van der Waals surface area contributed by atoms with Gasteiger partial charge >= 0.3 is 12.1 Å². The van der Waals surface area contributed by atoms with E-state index in [1.807, 2.05) is 0 Å². The molecule has 5 nitrogen and oxygen atoms in total. The first-order valence-corrected chi connectivity index (χ1v) is 8.56. The number of likely N-dealkylation sites (tertiary alicyclic amines) is 1. The quantitative estimate of drug-likeness (QED) is 0.867. The van der Waals surface area contributed by atoms with Gasteiger partial charge in [-0.05, 0) is 51.7 Å². The van der Waals surface area contributed by atoms with Crippen LogP contribution in [0.2, 0.25) is 5.02 Å². The highest BCUT2D eigenvalue weighted by atomic mass is 35.5. The minimum atomic E-state index is -1.22. The molecule has 1 N–H and O–H groups in total. The van der Waals surface area contributed by atoms with Crippen LogP contribution in [0.4, 0.5) is 9.18 Å². The van der Waals surface area contributed by atoms with Crippen LogP contribution in [0.15, 0.2) is 18.2 Å². The number of amides is 1. The van der Waals surface area contributed by atoms with Gasteiger partial charge in [-0.15, -0.1) is 0 Å². The number of ether oxygens (including phenoxy) is 1. The summed E-state index contributed by atoms with van der Waals surface area (Å²) in [6, 6.07) is 4.34. The second kappa shape index (κ2) is 7.20. The molecule has 0 saturated carbocycles. The summed E-state index contributed by atoms with van der Waals surface area (Å²) < 4.78 is 19.0. The number of carboxylic acids is 1. The zero-order chi connectivity index (χ0) is 18.8. The largest absolute Gasteiger partial charge is 0.481 e. The maximum atomic E-state index is 13.7. The summed E-state index contributed by atoms with van der Waals surface area (Å²) in [5.74, 6) is -1.61. The number of piperidine rings is 1. The fourth-order valence-corrected chi connectivity index (χ4v) is 3.25. The van der Waals surface area contributed by atoms with Gasteiger partial charge < -0.3 is 14.7 Å². The smallest absolute Gasteiger partial charge is 0.410 e. The molecule has 1 amide bonds. The molecular formula is C18H23ClFNO4. The molecule has 1 saturated heterocycles. The van der Waals surface area contributed by atoms with E-state index in [-0.39, 0.29) is 18.0 Å². The normalized spacial score (nSPS) is 21.1. The molecule has 1 fully saturated rings. The highest BCUT2D eigenvalue weighted by molar-refractivity contribution is 6.31. The third-order valence-corrected chi connectivity index (χ3v) is 4.67. The van der Waals surface area contributed by atoms with Crippen molar-refractivity contribution in [2.24, 2.45) is 5.41 Å². The first-order valence-electron chi connectivity index (χ1n) is 8.18. The predicted octanol–water partition coefficient (Wildman–Crippen LogP) is 4.12. The average Bonchev–Trinajstić information content (AvgIpc) is 2.50. The van der Waals surface area contributed by atoms with Gasteiger partial charge in [0.15, 0.2) is 0 Å². The summed E-state index contributed by atoms with van der Waals surface area (Å²) in [6.07, 6.45) is 0.425. The van der Waals surface area contributed by atoms with Crippen LogP contribution in [-0.2, 0) is 16.0 Å². The minimum Gasteiger partial charge on any atom is -0.481 e. The lowest BCUT2D eigenvalue weighted by atomic mass is 9.75. The van der Waals surface area contributed by atoms with E-state index in [0.29, 0.717) is 24.9 Å². The van der Waals surface area contributed by atoms with Gasteiger partial charge in [0, 0.05) is 13.1 Å². The SMILES string of the molecule is CC(C)(C)OC(=O)N1CCCC(Cc2cccc(F)c2Cl)(C(=O)O)C1. The summed E-state index contributed by atoms with van der Waals surface area (Å²) in [5, 5.41) is 9.76. The van der Waals surface area contributed by atoms with Crippen LogP contribution in [0.1, 0.15) is 39.2 Å². The Morgan fingerprint density at radius 2 is 2.08 bits per heavy atom. The van der Waals surface area contributed by atoms with Crippen molar-refractivity contribution in [3.8, 4) is 0 Å². The van der Waals surface area contributed by atoms with Crippen LogP contribution < -0.4 is 0 Å². The molecule has 0 aliphatic carbocycles. The Morgan fingerprint density at radius 1 is 1.40 bits per heavy atom. The van der Waals surface area contributed by atoms with Crippen molar-refractivity contribution in [1.29, 1.82) is 0 Å². The average molecular weight is 372 g/mol. The van der Waals surface area contributed by atoms with Crippen molar-refractivity contribution in [3.63, 3.8) is 0 Å². The summed E-state index contributed by atoms with van der Waals surface area (Å²) in [5.41, 5.74) is -1.45. The molecule has 1 aliphatic heterocycles. The molecule has 138 valence electrons. The van der Waals surface area contributed by atoms with E-state index in [1.165, 1.54) is 17.0 Å². The molecule has 1 atom stereocenters. The van der Waals surface area contributed by atoms with Crippen LogP contribution in [0.3, 0.4) is 0 Å². The lowest BCUT2D eigenvalue weighted by Gasteiger charge is -2.40. The first kappa shape index (κ1) is 19.5. The Kier molecular flexibility index (Phi) is 5.62. The molecule has 1 aromatic rings. The number of hydrogen-bond acceptors (Lipinski definition) is 3. The Balaban J connectivity index is 2.25. The van der Waals surface area contributed by atoms with E-state index < -0.39 is 28.9 Å². The van der Waals surface area contributed by atoms with E-state index in [2.05, 4.69) is 0 Å². The third-order valence-electron chi connectivity index (χ3n) is 4.24. The maximum Gasteiger partial charge on any atom is 0.410 e. The van der Waals surface area contributed by atoms with Gasteiger partial charge in [-0.25, -0.2) is 9.18 Å². The van der Waals surface area contributed by atoms with Crippen molar-refractivity contribution in [2.45, 2.75) is 45.6 Å². The molecule has 1 aliphatic rings. The number of carboxylic acid groups (broad SMARTS) is 1. The monoisotopic (exact) mass is 371 g/mol. The van der Waals surface area contributed by atoms with Crippen molar-refractivity contribution < 1.29 is 23.8 Å². The standard InChI is InChI=1S/C18H23ClFNO4/c1-17(2,3)25-16(24)21-9-5-8-18(11-21,15(22)23)10-12-6-4-7-13(20)14(12)19/h4,6-7H,5,8-11H2,1-3H3,(H,22,23). The number of carbonyl (C=O) groups is 2. The number of rotatable bonds is 3. The number of halogens is 2. The van der Waals surface area contributed by atoms with Crippen molar-refractivity contribution in [2.75, 3.05) is 13.1 Å². The van der Waals surface area contributed by atoms with Crippen LogP contribution in [0.5, 0.6) is 0 Å². The number of benzene rings is 1. The van der Waals surface area contributed by atoms with Gasteiger partial charge in [0.05, 0.1) is 10.4 Å². The zero-order valence-electron chi connectivity index (χ0n) is 14.6. The van der Waals surface area contributed by atoms with E-state index >= 15 is 0 Å². The first-order chi connectivity index (χ1) is 11.5. The third kappa shape index (κ3) is 4.63. The summed E-state index contributed by atoms with van der Waals surface area (Å²) >= 11 is 5.99. The molecule has 0 bridgehead atoms. The molecule has 1 aromatic carbocycles. The number of aliphatic carboxylic acids is 1. The number of carbonyl (C=O) groups excluding carboxylic acids is 1. The summed E-state index contributed by atoms with van der Waals surface area (Å²) in [4.78, 5) is 25.7. The van der Waals surface area contributed by atoms with Gasteiger partial charge in [0.25, 0.3) is 0 Å². The molecule has 25 heavy (non-hydrogen) atoms. The van der Waals surface area contributed by atoms with Gasteiger partial charge in [-0.1, -0.05) is 23.7 Å². The fourth-order valence-electron chi connectivity index (χ4n) is 3.06. The lowest BCUT2D eigenvalue weighted by Crippen LogP contribution is -2.52. The maximum absolute atomic E-state index is 13.7. The molecule has 0 aromatic heterocycles. The van der Waals surface area contributed by atoms with Gasteiger partial charge in [0.1, 0.15) is 11.4 Å². The van der Waals surface area contributed by atoms with Crippen LogP contribution in [-0.4, -0.2) is 40.8 Å². The molecule has 1 unspecified atom stereocenters. The van der Waals surface area contributed by atoms with Crippen molar-refractivity contribution in [3.05, 3.63) is 34.6 Å². The van der Waals surface area contributed by atoms with Gasteiger partial charge in [-0.3, -0.25) is 4.79 Å². The van der Waals surface area contributed by atoms with Crippen LogP contribution in [0, 0.1) is 11.2 Å². The molecule has 2 rings (SSSR count).